The summed E-state index contributed by atoms with van der Waals surface area (Å²) in [5.74, 6) is 0.207. The van der Waals surface area contributed by atoms with E-state index >= 15 is 0 Å². The van der Waals surface area contributed by atoms with Crippen LogP contribution in [0.15, 0.2) is 48.5 Å². The number of aryl methyl sites for hydroxylation is 1. The lowest BCUT2D eigenvalue weighted by Gasteiger charge is -2.04. The summed E-state index contributed by atoms with van der Waals surface area (Å²) < 4.78 is 0.886. The van der Waals surface area contributed by atoms with Crippen LogP contribution in [0.5, 0.6) is 5.75 Å². The van der Waals surface area contributed by atoms with Gasteiger partial charge in [0.25, 0.3) is 0 Å². The van der Waals surface area contributed by atoms with Gasteiger partial charge in [-0.2, -0.15) is 0 Å². The van der Waals surface area contributed by atoms with E-state index in [-0.39, 0.29) is 12.3 Å². The quantitative estimate of drug-likeness (QED) is 0.389. The second-order valence-corrected chi connectivity index (χ2v) is 4.28. The molecule has 0 aromatic heterocycles. The lowest BCUT2D eigenvalue weighted by molar-refractivity contribution is -0.469. The van der Waals surface area contributed by atoms with Crippen molar-refractivity contribution in [3.8, 4) is 5.75 Å². The van der Waals surface area contributed by atoms with Crippen LogP contribution in [0.3, 0.4) is 0 Å². The summed E-state index contributed by atoms with van der Waals surface area (Å²) in [6.07, 6.45) is 1.56. The van der Waals surface area contributed by atoms with Crippen LogP contribution in [0.25, 0.3) is 0 Å². The fourth-order valence-electron chi connectivity index (χ4n) is 1.65. The maximum atomic E-state index is 11.8. The molecule has 3 nitrogen and oxygen atoms in total. The van der Waals surface area contributed by atoms with Crippen molar-refractivity contribution >= 4 is 6.21 Å². The van der Waals surface area contributed by atoms with Gasteiger partial charge in [-0.1, -0.05) is 17.7 Å². The molecule has 1 N–H and O–H groups in total. The van der Waals surface area contributed by atoms with E-state index in [1.807, 2.05) is 31.2 Å². The van der Waals surface area contributed by atoms with Crippen LogP contribution < -0.4 is 0 Å². The van der Waals surface area contributed by atoms with Crippen LogP contribution in [0, 0.1) is 12.1 Å². The molecule has 0 unspecified atom stereocenters. The molecular formula is C15H15NO2. The van der Waals surface area contributed by atoms with Crippen molar-refractivity contribution in [3.63, 3.8) is 0 Å². The first-order valence-electron chi connectivity index (χ1n) is 5.77. The Hall–Kier alpha value is -2.29. The molecule has 0 heterocycles. The number of hydroxylamine groups is 1. The number of benzene rings is 2. The molecule has 0 radical (unpaired) electrons. The molecular weight excluding hydrogens is 226 g/mol. The van der Waals surface area contributed by atoms with Gasteiger partial charge in [0, 0.05) is 11.1 Å². The van der Waals surface area contributed by atoms with Gasteiger partial charge in [0.1, 0.15) is 5.75 Å². The first-order valence-corrected chi connectivity index (χ1v) is 5.77. The molecule has 0 fully saturated rings. The molecule has 2 rings (SSSR count). The standard InChI is InChI=1S/C15H15NO2/c1-12-2-4-13(5-3-12)10-16(18)11-14-6-8-15(17)9-7-14/h2-10,17H,11H2,1H3/b16-10-. The van der Waals surface area contributed by atoms with Crippen LogP contribution >= 0.6 is 0 Å². The van der Waals surface area contributed by atoms with Gasteiger partial charge in [0.2, 0.25) is 0 Å². The molecule has 18 heavy (non-hydrogen) atoms. The molecule has 2 aromatic carbocycles. The van der Waals surface area contributed by atoms with Gasteiger partial charge in [-0.3, -0.25) is 0 Å². The minimum atomic E-state index is 0.207. The normalized spacial score (nSPS) is 11.5. The third-order valence-electron chi connectivity index (χ3n) is 2.65. The van der Waals surface area contributed by atoms with Crippen molar-refractivity contribution in [2.45, 2.75) is 13.5 Å². The lowest BCUT2D eigenvalue weighted by atomic mass is 10.2. The molecule has 0 bridgehead atoms. The number of hydrogen-bond donors (Lipinski definition) is 1. The first kappa shape index (κ1) is 12.2. The van der Waals surface area contributed by atoms with Crippen molar-refractivity contribution in [2.75, 3.05) is 0 Å². The van der Waals surface area contributed by atoms with Crippen LogP contribution in [0.4, 0.5) is 0 Å². The van der Waals surface area contributed by atoms with E-state index in [1.54, 1.807) is 30.5 Å². The van der Waals surface area contributed by atoms with E-state index in [0.717, 1.165) is 15.9 Å². The minimum absolute atomic E-state index is 0.207. The topological polar surface area (TPSA) is 46.3 Å². The van der Waals surface area contributed by atoms with Crippen LogP contribution in [0.2, 0.25) is 0 Å². The van der Waals surface area contributed by atoms with Gasteiger partial charge in [0.15, 0.2) is 12.8 Å². The number of rotatable bonds is 3. The summed E-state index contributed by atoms with van der Waals surface area (Å²) in [5, 5.41) is 20.9. The predicted molar refractivity (Wildman–Crippen MR) is 71.8 cm³/mol. The van der Waals surface area contributed by atoms with E-state index in [2.05, 4.69) is 0 Å². The molecule has 3 heteroatoms. The summed E-state index contributed by atoms with van der Waals surface area (Å²) >= 11 is 0. The fraction of sp³-hybridized carbons (Fsp3) is 0.133. The van der Waals surface area contributed by atoms with Crippen LogP contribution in [-0.4, -0.2) is 16.1 Å². The maximum Gasteiger partial charge on any atom is 0.182 e. The van der Waals surface area contributed by atoms with E-state index in [9.17, 15) is 5.21 Å². The van der Waals surface area contributed by atoms with Gasteiger partial charge >= 0.3 is 0 Å². The van der Waals surface area contributed by atoms with E-state index in [0.29, 0.717) is 0 Å². The summed E-state index contributed by atoms with van der Waals surface area (Å²) in [6, 6.07) is 14.4. The molecule has 0 saturated heterocycles. The zero-order valence-electron chi connectivity index (χ0n) is 10.2. The Morgan fingerprint density at radius 3 is 2.28 bits per heavy atom. The molecule has 0 aliphatic heterocycles. The molecule has 92 valence electrons. The van der Waals surface area contributed by atoms with Gasteiger partial charge < -0.3 is 10.3 Å². The smallest absolute Gasteiger partial charge is 0.182 e. The largest absolute Gasteiger partial charge is 0.624 e. The molecule has 0 atom stereocenters. The highest BCUT2D eigenvalue weighted by Crippen LogP contribution is 2.10. The van der Waals surface area contributed by atoms with Gasteiger partial charge in [-0.05, 0) is 43.3 Å². The summed E-state index contributed by atoms with van der Waals surface area (Å²) in [6.45, 7) is 2.28. The number of phenolic OH excluding ortho intramolecular Hbond substituents is 1. The van der Waals surface area contributed by atoms with Crippen molar-refractivity contribution < 1.29 is 9.85 Å². The fourth-order valence-corrected chi connectivity index (χ4v) is 1.65. The van der Waals surface area contributed by atoms with Crippen molar-refractivity contribution in [3.05, 3.63) is 70.4 Å². The second-order valence-electron chi connectivity index (χ2n) is 4.28. The van der Waals surface area contributed by atoms with Crippen molar-refractivity contribution in [1.29, 1.82) is 0 Å². The molecule has 2 aromatic rings. The summed E-state index contributed by atoms with van der Waals surface area (Å²) in [7, 11) is 0. The van der Waals surface area contributed by atoms with Crippen LogP contribution in [-0.2, 0) is 6.54 Å². The highest BCUT2D eigenvalue weighted by atomic mass is 16.5. The third-order valence-corrected chi connectivity index (χ3v) is 2.65. The number of nitrogens with zero attached hydrogens (tertiary/aromatic N) is 1. The summed E-state index contributed by atoms with van der Waals surface area (Å²) in [5.41, 5.74) is 2.92. The second kappa shape index (κ2) is 5.36. The van der Waals surface area contributed by atoms with E-state index < -0.39 is 0 Å². The molecule has 0 aliphatic rings. The molecule has 0 amide bonds. The predicted octanol–water partition coefficient (Wildman–Crippen LogP) is 2.83. The van der Waals surface area contributed by atoms with Crippen molar-refractivity contribution in [1.82, 2.24) is 0 Å². The zero-order chi connectivity index (χ0) is 13.0. The molecule has 0 aliphatic carbocycles. The Morgan fingerprint density at radius 2 is 1.67 bits per heavy atom. The Balaban J connectivity index is 2.09. The number of aromatic hydroxyl groups is 1. The highest BCUT2D eigenvalue weighted by Gasteiger charge is 1.99. The Bertz CT molecular complexity index is 542. The number of phenols is 1. The van der Waals surface area contributed by atoms with Gasteiger partial charge in [-0.25, -0.2) is 4.74 Å². The first-order chi connectivity index (χ1) is 8.63. The van der Waals surface area contributed by atoms with E-state index in [4.69, 9.17) is 5.11 Å². The summed E-state index contributed by atoms with van der Waals surface area (Å²) in [4.78, 5) is 0. The molecule has 0 spiro atoms. The van der Waals surface area contributed by atoms with E-state index in [1.165, 1.54) is 5.56 Å². The molecule has 0 saturated carbocycles. The zero-order valence-corrected chi connectivity index (χ0v) is 10.2. The number of hydrogen-bond acceptors (Lipinski definition) is 2. The SMILES string of the molecule is Cc1ccc(/C=[N+](\[O-])Cc2ccc(O)cc2)cc1. The lowest BCUT2D eigenvalue weighted by Crippen LogP contribution is -2.05. The minimum Gasteiger partial charge on any atom is -0.624 e. The van der Waals surface area contributed by atoms with Gasteiger partial charge in [0.05, 0.1) is 0 Å². The Kier molecular flexibility index (Phi) is 3.63. The highest BCUT2D eigenvalue weighted by molar-refractivity contribution is 5.75. The third kappa shape index (κ3) is 3.35. The average molecular weight is 241 g/mol. The Labute approximate surface area is 106 Å². The maximum absolute atomic E-state index is 11.8. The average Bonchev–Trinajstić information content (AvgIpc) is 2.35. The van der Waals surface area contributed by atoms with Crippen molar-refractivity contribution in [2.24, 2.45) is 0 Å². The monoisotopic (exact) mass is 241 g/mol. The van der Waals surface area contributed by atoms with Crippen LogP contribution in [0.1, 0.15) is 16.7 Å². The van der Waals surface area contributed by atoms with Gasteiger partial charge in [-0.15, -0.1) is 0 Å². The Morgan fingerprint density at radius 1 is 1.06 bits per heavy atom.